The van der Waals surface area contributed by atoms with Crippen molar-refractivity contribution in [2.45, 2.75) is 51.6 Å². The second-order valence-corrected chi connectivity index (χ2v) is 5.46. The van der Waals surface area contributed by atoms with Gasteiger partial charge in [-0.15, -0.1) is 0 Å². The Morgan fingerprint density at radius 2 is 1.94 bits per heavy atom. The van der Waals surface area contributed by atoms with Gasteiger partial charge in [-0.25, -0.2) is 0 Å². The average molecular weight is 229 g/mol. The number of hydrogen-bond acceptors (Lipinski definition) is 3. The fourth-order valence-electron chi connectivity index (χ4n) is 2.10. The molecule has 0 aliphatic heterocycles. The number of carbonyl (C=O) groups excluding carboxylic acids is 1. The highest BCUT2D eigenvalue weighted by Crippen LogP contribution is 2.35. The van der Waals surface area contributed by atoms with Gasteiger partial charge in [-0.05, 0) is 19.8 Å². The normalized spacial score (nSPS) is 23.5. The van der Waals surface area contributed by atoms with Crippen LogP contribution >= 0.6 is 0 Å². The van der Waals surface area contributed by atoms with Gasteiger partial charge in [0.1, 0.15) is 5.60 Å². The predicted molar refractivity (Wildman–Crippen MR) is 61.9 cm³/mol. The first-order valence-corrected chi connectivity index (χ1v) is 6.01. The van der Waals surface area contributed by atoms with Gasteiger partial charge in [0.2, 0.25) is 5.91 Å². The third-order valence-corrected chi connectivity index (χ3v) is 3.48. The Balaban J connectivity index is 2.45. The Kier molecular flexibility index (Phi) is 4.33. The van der Waals surface area contributed by atoms with Crippen LogP contribution in [-0.2, 0) is 4.79 Å². The second kappa shape index (κ2) is 5.15. The molecular weight excluding hydrogens is 206 g/mol. The zero-order chi connectivity index (χ0) is 12.2. The molecule has 0 spiro atoms. The highest BCUT2D eigenvalue weighted by molar-refractivity contribution is 5.82. The van der Waals surface area contributed by atoms with E-state index in [1.807, 2.05) is 6.92 Å². The summed E-state index contributed by atoms with van der Waals surface area (Å²) in [5.74, 6) is 0.000856. The van der Waals surface area contributed by atoms with Gasteiger partial charge in [0.25, 0.3) is 0 Å². The van der Waals surface area contributed by atoms with Gasteiger partial charge in [0.05, 0.1) is 6.61 Å². The topological polar surface area (TPSA) is 69.6 Å². The Labute approximate surface area is 97.0 Å². The van der Waals surface area contributed by atoms with Crippen molar-refractivity contribution in [3.8, 4) is 0 Å². The molecule has 1 aliphatic carbocycles. The Bertz CT molecular complexity index is 245. The number of carbonyl (C=O) groups is 1. The number of rotatable bonds is 4. The Morgan fingerprint density at radius 3 is 2.44 bits per heavy atom. The molecule has 94 valence electrons. The van der Waals surface area contributed by atoms with Gasteiger partial charge in [-0.1, -0.05) is 26.2 Å². The van der Waals surface area contributed by atoms with Crippen LogP contribution in [0.4, 0.5) is 0 Å². The van der Waals surface area contributed by atoms with Crippen molar-refractivity contribution in [2.75, 3.05) is 13.2 Å². The molecule has 3 N–H and O–H groups in total. The average Bonchev–Trinajstić information content (AvgIpc) is 2.27. The van der Waals surface area contributed by atoms with E-state index in [0.717, 1.165) is 25.7 Å². The lowest BCUT2D eigenvalue weighted by atomic mass is 9.75. The van der Waals surface area contributed by atoms with Crippen LogP contribution in [0.15, 0.2) is 0 Å². The van der Waals surface area contributed by atoms with Crippen molar-refractivity contribution in [3.63, 3.8) is 0 Å². The van der Waals surface area contributed by atoms with Crippen molar-refractivity contribution >= 4 is 5.91 Å². The maximum absolute atomic E-state index is 12.0. The quantitative estimate of drug-likeness (QED) is 0.668. The van der Waals surface area contributed by atoms with E-state index in [1.54, 1.807) is 0 Å². The van der Waals surface area contributed by atoms with E-state index in [9.17, 15) is 9.90 Å². The molecule has 1 rings (SSSR count). The number of aliphatic hydroxyl groups is 2. The molecule has 1 aliphatic rings. The van der Waals surface area contributed by atoms with Gasteiger partial charge in [-0.2, -0.15) is 0 Å². The molecule has 0 aromatic heterocycles. The first kappa shape index (κ1) is 13.5. The van der Waals surface area contributed by atoms with Crippen LogP contribution in [0.25, 0.3) is 0 Å². The minimum atomic E-state index is -1.22. The lowest BCUT2D eigenvalue weighted by Crippen LogP contribution is -2.48. The monoisotopic (exact) mass is 229 g/mol. The standard InChI is InChI=1S/C12H23NO3/c1-11(6-4-3-5-7-11)10(15)13-8-12(2,16)9-14/h14,16H,3-9H2,1-2H3,(H,13,15). The van der Waals surface area contributed by atoms with E-state index in [4.69, 9.17) is 5.11 Å². The lowest BCUT2D eigenvalue weighted by Gasteiger charge is -2.33. The first-order valence-electron chi connectivity index (χ1n) is 6.01. The molecule has 1 amide bonds. The summed E-state index contributed by atoms with van der Waals surface area (Å²) in [6.07, 6.45) is 5.23. The third-order valence-electron chi connectivity index (χ3n) is 3.48. The molecule has 1 unspecified atom stereocenters. The predicted octanol–water partition coefficient (Wildman–Crippen LogP) is 0.816. The molecule has 0 aromatic carbocycles. The molecule has 0 aromatic rings. The molecule has 0 bridgehead atoms. The molecule has 16 heavy (non-hydrogen) atoms. The summed E-state index contributed by atoms with van der Waals surface area (Å²) in [7, 11) is 0. The summed E-state index contributed by atoms with van der Waals surface area (Å²) in [6, 6.07) is 0. The van der Waals surface area contributed by atoms with Crippen LogP contribution in [0, 0.1) is 5.41 Å². The molecule has 1 fully saturated rings. The summed E-state index contributed by atoms with van der Waals surface area (Å²) in [6.45, 7) is 3.26. The van der Waals surface area contributed by atoms with Crippen molar-refractivity contribution in [3.05, 3.63) is 0 Å². The van der Waals surface area contributed by atoms with E-state index in [-0.39, 0.29) is 24.5 Å². The minimum Gasteiger partial charge on any atom is -0.393 e. The first-order chi connectivity index (χ1) is 7.40. The fourth-order valence-corrected chi connectivity index (χ4v) is 2.10. The van der Waals surface area contributed by atoms with Gasteiger partial charge in [0.15, 0.2) is 0 Å². The largest absolute Gasteiger partial charge is 0.393 e. The fraction of sp³-hybridized carbons (Fsp3) is 0.917. The zero-order valence-corrected chi connectivity index (χ0v) is 10.3. The molecule has 0 saturated heterocycles. The summed E-state index contributed by atoms with van der Waals surface area (Å²) < 4.78 is 0. The molecule has 0 radical (unpaired) electrons. The molecule has 4 nitrogen and oxygen atoms in total. The van der Waals surface area contributed by atoms with Crippen molar-refractivity contribution in [2.24, 2.45) is 5.41 Å². The molecule has 1 atom stereocenters. The van der Waals surface area contributed by atoms with Crippen molar-refractivity contribution in [1.29, 1.82) is 0 Å². The number of aliphatic hydroxyl groups excluding tert-OH is 1. The maximum Gasteiger partial charge on any atom is 0.226 e. The second-order valence-electron chi connectivity index (χ2n) is 5.46. The van der Waals surface area contributed by atoms with Gasteiger partial charge >= 0.3 is 0 Å². The van der Waals surface area contributed by atoms with Crippen LogP contribution in [0.5, 0.6) is 0 Å². The number of amides is 1. The van der Waals surface area contributed by atoms with E-state index in [0.29, 0.717) is 0 Å². The van der Waals surface area contributed by atoms with Crippen LogP contribution in [0.3, 0.4) is 0 Å². The highest BCUT2D eigenvalue weighted by Gasteiger charge is 2.35. The summed E-state index contributed by atoms with van der Waals surface area (Å²) in [4.78, 5) is 12.0. The van der Waals surface area contributed by atoms with Crippen molar-refractivity contribution in [1.82, 2.24) is 5.32 Å². The van der Waals surface area contributed by atoms with E-state index >= 15 is 0 Å². The number of nitrogens with one attached hydrogen (secondary N) is 1. The molecule has 4 heteroatoms. The summed E-state index contributed by atoms with van der Waals surface area (Å²) in [5, 5.41) is 21.2. The van der Waals surface area contributed by atoms with Gasteiger partial charge in [0, 0.05) is 12.0 Å². The van der Waals surface area contributed by atoms with Crippen LogP contribution in [-0.4, -0.2) is 34.9 Å². The molecular formula is C12H23NO3. The molecule has 0 heterocycles. The van der Waals surface area contributed by atoms with Crippen LogP contribution < -0.4 is 5.32 Å². The smallest absolute Gasteiger partial charge is 0.226 e. The third kappa shape index (κ3) is 3.46. The zero-order valence-electron chi connectivity index (χ0n) is 10.3. The highest BCUT2D eigenvalue weighted by atomic mass is 16.3. The van der Waals surface area contributed by atoms with E-state index < -0.39 is 5.60 Å². The van der Waals surface area contributed by atoms with Crippen LogP contribution in [0.2, 0.25) is 0 Å². The Hall–Kier alpha value is -0.610. The van der Waals surface area contributed by atoms with Crippen LogP contribution in [0.1, 0.15) is 46.0 Å². The number of hydrogen-bond donors (Lipinski definition) is 3. The maximum atomic E-state index is 12.0. The van der Waals surface area contributed by atoms with E-state index in [2.05, 4.69) is 5.32 Å². The lowest BCUT2D eigenvalue weighted by molar-refractivity contribution is -0.133. The summed E-state index contributed by atoms with van der Waals surface area (Å²) >= 11 is 0. The molecule has 1 saturated carbocycles. The summed E-state index contributed by atoms with van der Waals surface area (Å²) in [5.41, 5.74) is -1.51. The van der Waals surface area contributed by atoms with E-state index in [1.165, 1.54) is 13.3 Å². The SMILES string of the molecule is CC(O)(CO)CNC(=O)C1(C)CCCCC1. The Morgan fingerprint density at radius 1 is 1.38 bits per heavy atom. The van der Waals surface area contributed by atoms with Gasteiger partial charge < -0.3 is 15.5 Å². The van der Waals surface area contributed by atoms with Gasteiger partial charge in [-0.3, -0.25) is 4.79 Å². The minimum absolute atomic E-state index is 0.000856. The van der Waals surface area contributed by atoms with Crippen molar-refractivity contribution < 1.29 is 15.0 Å².